The summed E-state index contributed by atoms with van der Waals surface area (Å²) in [6.07, 6.45) is 0.853. The first kappa shape index (κ1) is 25.0. The van der Waals surface area contributed by atoms with Gasteiger partial charge in [0.2, 0.25) is 0 Å². The van der Waals surface area contributed by atoms with Crippen molar-refractivity contribution in [3.63, 3.8) is 0 Å². The van der Waals surface area contributed by atoms with Crippen LogP contribution in [0.15, 0.2) is 18.5 Å². The molecule has 7 nitrogen and oxygen atoms in total. The molecule has 11 heteroatoms. The number of thiophene rings is 1. The van der Waals surface area contributed by atoms with E-state index in [-0.39, 0.29) is 18.2 Å². The average molecular weight is 506 g/mol. The molecule has 4 atom stereocenters. The minimum atomic E-state index is -2.97. The van der Waals surface area contributed by atoms with Gasteiger partial charge in [-0.2, -0.15) is 5.10 Å². The first-order chi connectivity index (χ1) is 15.3. The minimum Gasteiger partial charge on any atom is -0.388 e. The van der Waals surface area contributed by atoms with Gasteiger partial charge in [-0.1, -0.05) is 11.6 Å². The maximum atomic E-state index is 13.7. The third-order valence-corrected chi connectivity index (χ3v) is 8.26. The van der Waals surface area contributed by atoms with Gasteiger partial charge in [-0.3, -0.25) is 9.58 Å². The summed E-state index contributed by atoms with van der Waals surface area (Å²) in [5, 5.41) is 34.9. The Balaban J connectivity index is 1.46. The Kier molecular flexibility index (Phi) is 6.67. The summed E-state index contributed by atoms with van der Waals surface area (Å²) < 4.78 is 35.3. The van der Waals surface area contributed by atoms with Crippen LogP contribution in [0.4, 0.5) is 8.78 Å². The van der Waals surface area contributed by atoms with Crippen molar-refractivity contribution in [3.05, 3.63) is 38.8 Å². The van der Waals surface area contributed by atoms with Crippen LogP contribution in [-0.4, -0.2) is 67.3 Å². The smallest absolute Gasteiger partial charge is 0.273 e. The van der Waals surface area contributed by atoms with E-state index in [1.807, 2.05) is 6.20 Å². The van der Waals surface area contributed by atoms with E-state index in [1.165, 1.54) is 17.4 Å². The van der Waals surface area contributed by atoms with Gasteiger partial charge in [-0.15, -0.1) is 11.3 Å². The van der Waals surface area contributed by atoms with Crippen LogP contribution in [0.5, 0.6) is 0 Å². The molecule has 1 spiro atoms. The fourth-order valence-corrected chi connectivity index (χ4v) is 6.13. The second-order valence-corrected chi connectivity index (χ2v) is 11.5. The van der Waals surface area contributed by atoms with Gasteiger partial charge in [0, 0.05) is 41.3 Å². The largest absolute Gasteiger partial charge is 0.388 e. The quantitative estimate of drug-likeness (QED) is 0.559. The summed E-state index contributed by atoms with van der Waals surface area (Å²) in [5.74, 6) is 0. The molecule has 33 heavy (non-hydrogen) atoms. The zero-order valence-corrected chi connectivity index (χ0v) is 20.4. The standard InChI is InChI=1S/C22H30ClF2N3O4S/c1-13-7-21(18-15(6-17(23)33-18)22(31,12-32-21)19(24)25)4-5-27(13)9-14-8-26-28(10-14)11-16(29)20(2,3)30/h6,8,10,13,16,19,29-31H,4-5,7,9,11-12H2,1-3H3/t13-,16?,21+,22+/m0/s1. The summed E-state index contributed by atoms with van der Waals surface area (Å²) in [4.78, 5) is 2.87. The Morgan fingerprint density at radius 3 is 2.79 bits per heavy atom. The van der Waals surface area contributed by atoms with Crippen LogP contribution in [-0.2, 0) is 29.0 Å². The van der Waals surface area contributed by atoms with Crippen LogP contribution in [0.2, 0.25) is 4.34 Å². The Hall–Kier alpha value is -1.14. The number of alkyl halides is 2. The number of fused-ring (bicyclic) bond motifs is 2. The molecule has 0 radical (unpaired) electrons. The molecule has 0 aromatic carbocycles. The second-order valence-electron chi connectivity index (χ2n) is 9.81. The van der Waals surface area contributed by atoms with E-state index < -0.39 is 35.9 Å². The van der Waals surface area contributed by atoms with Crippen LogP contribution in [0, 0.1) is 0 Å². The maximum Gasteiger partial charge on any atom is 0.273 e. The number of aliphatic hydroxyl groups is 3. The molecule has 0 saturated carbocycles. The van der Waals surface area contributed by atoms with Gasteiger partial charge in [0.15, 0.2) is 5.60 Å². The van der Waals surface area contributed by atoms with Crippen molar-refractivity contribution in [3.8, 4) is 0 Å². The SMILES string of the molecule is C[C@H]1C[C@@]2(CCN1Cc1cnn(CC(O)C(C)(C)O)c1)OC[C@](O)(C(F)F)c1cc(Cl)sc12. The van der Waals surface area contributed by atoms with Crippen molar-refractivity contribution < 1.29 is 28.8 Å². The van der Waals surface area contributed by atoms with Crippen molar-refractivity contribution in [2.24, 2.45) is 0 Å². The molecule has 0 aliphatic carbocycles. The highest BCUT2D eigenvalue weighted by Crippen LogP contribution is 2.53. The third kappa shape index (κ3) is 4.71. The number of likely N-dealkylation sites (tertiary alicyclic amines) is 1. The monoisotopic (exact) mass is 505 g/mol. The molecule has 4 rings (SSSR count). The third-order valence-electron chi connectivity index (χ3n) is 6.81. The van der Waals surface area contributed by atoms with Crippen molar-refractivity contribution in [1.82, 2.24) is 14.7 Å². The summed E-state index contributed by atoms with van der Waals surface area (Å²) in [7, 11) is 0. The van der Waals surface area contributed by atoms with Gasteiger partial charge < -0.3 is 20.1 Å². The summed E-state index contributed by atoms with van der Waals surface area (Å²) >= 11 is 7.38. The molecule has 184 valence electrons. The predicted molar refractivity (Wildman–Crippen MR) is 120 cm³/mol. The first-order valence-electron chi connectivity index (χ1n) is 10.9. The fourth-order valence-electron chi connectivity index (χ4n) is 4.64. The first-order valence-corrected chi connectivity index (χ1v) is 12.1. The molecule has 0 bridgehead atoms. The lowest BCUT2D eigenvalue weighted by molar-refractivity contribution is -0.210. The topological polar surface area (TPSA) is 91.0 Å². The van der Waals surface area contributed by atoms with Gasteiger partial charge in [0.1, 0.15) is 11.7 Å². The molecule has 4 heterocycles. The van der Waals surface area contributed by atoms with Crippen LogP contribution in [0.25, 0.3) is 0 Å². The van der Waals surface area contributed by atoms with Crippen LogP contribution in [0.1, 0.15) is 49.6 Å². The Morgan fingerprint density at radius 1 is 1.42 bits per heavy atom. The maximum absolute atomic E-state index is 13.7. The molecule has 3 N–H and O–H groups in total. The molecule has 2 aromatic heterocycles. The normalized spacial score (nSPS) is 29.6. The number of aromatic nitrogens is 2. The highest BCUT2D eigenvalue weighted by Gasteiger charge is 2.54. The van der Waals surface area contributed by atoms with Crippen LogP contribution >= 0.6 is 22.9 Å². The number of nitrogens with zero attached hydrogens (tertiary/aromatic N) is 3. The molecule has 1 unspecified atom stereocenters. The van der Waals surface area contributed by atoms with Crippen LogP contribution < -0.4 is 0 Å². The van der Waals surface area contributed by atoms with Gasteiger partial charge in [0.05, 0.1) is 29.3 Å². The van der Waals surface area contributed by atoms with E-state index in [9.17, 15) is 24.1 Å². The Morgan fingerprint density at radius 2 is 2.15 bits per heavy atom. The molecular weight excluding hydrogens is 476 g/mol. The Bertz CT molecular complexity index is 997. The van der Waals surface area contributed by atoms with E-state index in [4.69, 9.17) is 16.3 Å². The van der Waals surface area contributed by atoms with E-state index in [2.05, 4.69) is 16.9 Å². The zero-order chi connectivity index (χ0) is 24.2. The van der Waals surface area contributed by atoms with Crippen molar-refractivity contribution in [2.45, 2.75) is 82.1 Å². The van der Waals surface area contributed by atoms with E-state index in [1.54, 1.807) is 24.7 Å². The average Bonchev–Trinajstić information content (AvgIpc) is 3.33. The van der Waals surface area contributed by atoms with Gasteiger partial charge in [0.25, 0.3) is 6.43 Å². The number of aliphatic hydroxyl groups excluding tert-OH is 1. The molecule has 2 aromatic rings. The highest BCUT2D eigenvalue weighted by molar-refractivity contribution is 7.16. The predicted octanol–water partition coefficient (Wildman–Crippen LogP) is 3.09. The molecule has 2 aliphatic rings. The molecular formula is C22H30ClF2N3O4S. The Labute approximate surface area is 200 Å². The number of hydrogen-bond acceptors (Lipinski definition) is 7. The molecule has 1 fully saturated rings. The van der Waals surface area contributed by atoms with Gasteiger partial charge in [-0.05, 0) is 39.7 Å². The van der Waals surface area contributed by atoms with Gasteiger partial charge >= 0.3 is 0 Å². The number of halogens is 3. The molecule has 2 aliphatic heterocycles. The van der Waals surface area contributed by atoms with E-state index >= 15 is 0 Å². The number of rotatable bonds is 6. The van der Waals surface area contributed by atoms with Crippen molar-refractivity contribution in [2.75, 3.05) is 13.2 Å². The van der Waals surface area contributed by atoms with E-state index in [0.29, 0.717) is 35.1 Å². The lowest BCUT2D eigenvalue weighted by Crippen LogP contribution is -2.54. The summed E-state index contributed by atoms with van der Waals surface area (Å²) in [5.41, 5.74) is -3.15. The number of piperidine rings is 1. The fraction of sp³-hybridized carbons (Fsp3) is 0.682. The van der Waals surface area contributed by atoms with E-state index in [0.717, 1.165) is 5.56 Å². The van der Waals surface area contributed by atoms with Crippen molar-refractivity contribution >= 4 is 22.9 Å². The van der Waals surface area contributed by atoms with Crippen molar-refractivity contribution in [1.29, 1.82) is 0 Å². The number of hydrogen-bond donors (Lipinski definition) is 3. The molecule has 0 amide bonds. The van der Waals surface area contributed by atoms with Crippen LogP contribution in [0.3, 0.4) is 0 Å². The summed E-state index contributed by atoms with van der Waals surface area (Å²) in [6, 6.07) is 1.53. The minimum absolute atomic E-state index is 0.0792. The summed E-state index contributed by atoms with van der Waals surface area (Å²) in [6.45, 7) is 6.19. The highest BCUT2D eigenvalue weighted by atomic mass is 35.5. The molecule has 1 saturated heterocycles. The lowest BCUT2D eigenvalue weighted by Gasteiger charge is -2.49. The number of ether oxygens (including phenoxy) is 1. The second kappa shape index (κ2) is 8.82. The lowest BCUT2D eigenvalue weighted by atomic mass is 9.78. The van der Waals surface area contributed by atoms with Gasteiger partial charge in [-0.25, -0.2) is 8.78 Å². The zero-order valence-electron chi connectivity index (χ0n) is 18.8.